The number of halogens is 3. The highest BCUT2D eigenvalue weighted by Crippen LogP contribution is 2.29. The Labute approximate surface area is 111 Å². The van der Waals surface area contributed by atoms with Gasteiger partial charge >= 0.3 is 6.18 Å². The van der Waals surface area contributed by atoms with Gasteiger partial charge in [-0.15, -0.1) is 0 Å². The van der Waals surface area contributed by atoms with Crippen molar-refractivity contribution in [3.63, 3.8) is 0 Å². The quantitative estimate of drug-likeness (QED) is 0.879. The van der Waals surface area contributed by atoms with Crippen LogP contribution in [0.2, 0.25) is 0 Å². The van der Waals surface area contributed by atoms with Crippen molar-refractivity contribution < 1.29 is 13.2 Å². The number of nitrogen functional groups attached to an aromatic ring is 1. The fourth-order valence-corrected chi connectivity index (χ4v) is 1.96. The van der Waals surface area contributed by atoms with E-state index in [1.54, 1.807) is 0 Å². The molecular formula is C11H9F3N4S. The number of rotatable bonds is 3. The lowest BCUT2D eigenvalue weighted by Gasteiger charge is -2.06. The van der Waals surface area contributed by atoms with Crippen LogP contribution < -0.4 is 5.73 Å². The molecule has 0 amide bonds. The topological polar surface area (TPSA) is 64.7 Å². The summed E-state index contributed by atoms with van der Waals surface area (Å²) in [5, 5.41) is 0.492. The summed E-state index contributed by atoms with van der Waals surface area (Å²) in [4.78, 5) is 11.7. The van der Waals surface area contributed by atoms with Crippen LogP contribution in [0.4, 0.5) is 19.0 Å². The Hall–Kier alpha value is -1.83. The maximum Gasteiger partial charge on any atom is 0.417 e. The summed E-state index contributed by atoms with van der Waals surface area (Å²) in [7, 11) is 0. The van der Waals surface area contributed by atoms with Crippen LogP contribution in [-0.4, -0.2) is 15.0 Å². The number of alkyl halides is 3. The van der Waals surface area contributed by atoms with Gasteiger partial charge in [-0.2, -0.15) is 13.2 Å². The second-order valence-electron chi connectivity index (χ2n) is 3.60. The summed E-state index contributed by atoms with van der Waals surface area (Å²) in [5.74, 6) is 0.785. The van der Waals surface area contributed by atoms with Gasteiger partial charge in [0.2, 0.25) is 0 Å². The van der Waals surface area contributed by atoms with Gasteiger partial charge in [0, 0.05) is 11.9 Å². The molecule has 2 aromatic rings. The number of hydrogen-bond donors (Lipinski definition) is 1. The molecular weight excluding hydrogens is 277 g/mol. The fourth-order valence-electron chi connectivity index (χ4n) is 1.22. The number of anilines is 1. The molecule has 0 spiro atoms. The van der Waals surface area contributed by atoms with Crippen LogP contribution in [0.5, 0.6) is 0 Å². The van der Waals surface area contributed by atoms with Crippen LogP contribution in [0.15, 0.2) is 35.7 Å². The first-order valence-corrected chi connectivity index (χ1v) is 6.16. The van der Waals surface area contributed by atoms with E-state index in [9.17, 15) is 13.2 Å². The van der Waals surface area contributed by atoms with Gasteiger partial charge in [0.05, 0.1) is 28.7 Å². The Balaban J connectivity index is 1.98. The molecule has 0 unspecified atom stereocenters. The first-order valence-electron chi connectivity index (χ1n) is 5.17. The van der Waals surface area contributed by atoms with Crippen LogP contribution in [0.1, 0.15) is 11.3 Å². The Morgan fingerprint density at radius 2 is 1.84 bits per heavy atom. The number of pyridine rings is 1. The summed E-state index contributed by atoms with van der Waals surface area (Å²) in [6.45, 7) is 0. The van der Waals surface area contributed by atoms with Crippen LogP contribution in [0, 0.1) is 0 Å². The third kappa shape index (κ3) is 3.82. The monoisotopic (exact) mass is 286 g/mol. The Bertz CT molecular complexity index is 539. The summed E-state index contributed by atoms with van der Waals surface area (Å²) in [6, 6.07) is 2.34. The van der Waals surface area contributed by atoms with Crippen molar-refractivity contribution in [1.29, 1.82) is 0 Å². The molecule has 2 aromatic heterocycles. The summed E-state index contributed by atoms with van der Waals surface area (Å²) >= 11 is 1.28. The number of hydrogen-bond acceptors (Lipinski definition) is 5. The predicted octanol–water partition coefficient (Wildman–Crippen LogP) is 2.76. The first kappa shape index (κ1) is 13.6. The lowest BCUT2D eigenvalue weighted by Crippen LogP contribution is -2.05. The molecule has 0 aliphatic heterocycles. The van der Waals surface area contributed by atoms with E-state index in [0.717, 1.165) is 12.3 Å². The van der Waals surface area contributed by atoms with Gasteiger partial charge in [0.15, 0.2) is 0 Å². The third-order valence-corrected chi connectivity index (χ3v) is 3.13. The first-order chi connectivity index (χ1) is 8.95. The van der Waals surface area contributed by atoms with Gasteiger partial charge in [-0.05, 0) is 12.1 Å². The average Bonchev–Trinajstić information content (AvgIpc) is 2.37. The highest BCUT2D eigenvalue weighted by molar-refractivity contribution is 7.98. The minimum absolute atomic E-state index is 0.321. The molecule has 4 nitrogen and oxygen atoms in total. The van der Waals surface area contributed by atoms with Gasteiger partial charge in [-0.1, -0.05) is 11.8 Å². The Morgan fingerprint density at radius 3 is 2.37 bits per heavy atom. The van der Waals surface area contributed by atoms with Crippen LogP contribution >= 0.6 is 11.8 Å². The standard InChI is InChI=1S/C11H9F3N4S/c12-11(13,14)7-1-2-10(18-3-7)19-6-8-4-17-9(15)5-16-8/h1-5H,6H2,(H2,15,17). The molecule has 2 N–H and O–H groups in total. The molecule has 0 aliphatic rings. The molecule has 0 aromatic carbocycles. The smallest absolute Gasteiger partial charge is 0.382 e. The highest BCUT2D eigenvalue weighted by atomic mass is 32.2. The maximum absolute atomic E-state index is 12.3. The van der Waals surface area contributed by atoms with E-state index in [1.165, 1.54) is 30.2 Å². The highest BCUT2D eigenvalue weighted by Gasteiger charge is 2.30. The molecule has 0 radical (unpaired) electrons. The zero-order valence-corrected chi connectivity index (χ0v) is 10.4. The number of nitrogens with zero attached hydrogens (tertiary/aromatic N) is 3. The van der Waals surface area contributed by atoms with Crippen molar-refractivity contribution in [2.45, 2.75) is 17.0 Å². The van der Waals surface area contributed by atoms with E-state index in [2.05, 4.69) is 15.0 Å². The van der Waals surface area contributed by atoms with E-state index in [-0.39, 0.29) is 0 Å². The number of thioether (sulfide) groups is 1. The van der Waals surface area contributed by atoms with Gasteiger partial charge in [-0.3, -0.25) is 4.98 Å². The summed E-state index contributed by atoms with van der Waals surface area (Å²) in [6.07, 6.45) is -0.599. The molecule has 0 fully saturated rings. The van der Waals surface area contributed by atoms with Crippen molar-refractivity contribution in [3.8, 4) is 0 Å². The Kier molecular flexibility index (Phi) is 3.89. The SMILES string of the molecule is Nc1cnc(CSc2ccc(C(F)(F)F)cn2)cn1. The molecule has 0 atom stereocenters. The lowest BCUT2D eigenvalue weighted by atomic mass is 10.3. The number of nitrogens with two attached hydrogens (primary N) is 1. The van der Waals surface area contributed by atoms with E-state index >= 15 is 0 Å². The molecule has 100 valence electrons. The van der Waals surface area contributed by atoms with Crippen LogP contribution in [0.3, 0.4) is 0 Å². The van der Waals surface area contributed by atoms with E-state index in [4.69, 9.17) is 5.73 Å². The van der Waals surface area contributed by atoms with Crippen molar-refractivity contribution in [3.05, 3.63) is 42.0 Å². The number of aromatic nitrogens is 3. The minimum atomic E-state index is -4.36. The average molecular weight is 286 g/mol. The third-order valence-electron chi connectivity index (χ3n) is 2.16. The van der Waals surface area contributed by atoms with Gasteiger partial charge in [-0.25, -0.2) is 9.97 Å². The second kappa shape index (κ2) is 5.43. The minimum Gasteiger partial charge on any atom is -0.382 e. The molecule has 0 saturated carbocycles. The molecule has 0 aliphatic carbocycles. The van der Waals surface area contributed by atoms with Gasteiger partial charge in [0.25, 0.3) is 0 Å². The largest absolute Gasteiger partial charge is 0.417 e. The van der Waals surface area contributed by atoms with Crippen molar-refractivity contribution in [2.24, 2.45) is 0 Å². The molecule has 2 rings (SSSR count). The van der Waals surface area contributed by atoms with Crippen molar-refractivity contribution >= 4 is 17.6 Å². The normalized spacial score (nSPS) is 11.5. The van der Waals surface area contributed by atoms with Gasteiger partial charge < -0.3 is 5.73 Å². The Morgan fingerprint density at radius 1 is 1.05 bits per heavy atom. The second-order valence-corrected chi connectivity index (χ2v) is 4.60. The fraction of sp³-hybridized carbons (Fsp3) is 0.182. The van der Waals surface area contributed by atoms with E-state index in [0.29, 0.717) is 22.3 Å². The molecule has 8 heteroatoms. The zero-order valence-electron chi connectivity index (χ0n) is 9.55. The predicted molar refractivity (Wildman–Crippen MR) is 65.2 cm³/mol. The molecule has 19 heavy (non-hydrogen) atoms. The van der Waals surface area contributed by atoms with Crippen molar-refractivity contribution in [2.75, 3.05) is 5.73 Å². The van der Waals surface area contributed by atoms with Gasteiger partial charge in [0.1, 0.15) is 5.82 Å². The zero-order chi connectivity index (χ0) is 13.9. The summed E-state index contributed by atoms with van der Waals surface area (Å²) in [5.41, 5.74) is 5.31. The lowest BCUT2D eigenvalue weighted by molar-refractivity contribution is -0.137. The summed E-state index contributed by atoms with van der Waals surface area (Å²) < 4.78 is 37.0. The van der Waals surface area contributed by atoms with Crippen LogP contribution in [-0.2, 0) is 11.9 Å². The van der Waals surface area contributed by atoms with E-state index in [1.807, 2.05) is 0 Å². The maximum atomic E-state index is 12.3. The van der Waals surface area contributed by atoms with Crippen molar-refractivity contribution in [1.82, 2.24) is 15.0 Å². The van der Waals surface area contributed by atoms with Crippen LogP contribution in [0.25, 0.3) is 0 Å². The molecule has 0 saturated heterocycles. The molecule has 2 heterocycles. The van der Waals surface area contributed by atoms with E-state index < -0.39 is 11.7 Å². The molecule has 0 bridgehead atoms.